The lowest BCUT2D eigenvalue weighted by atomic mass is 10.0. The van der Waals surface area contributed by atoms with E-state index in [-0.39, 0.29) is 27.8 Å². The molecule has 1 aromatic carbocycles. The number of nitrogens with zero attached hydrogens (tertiary/aromatic N) is 5. The van der Waals surface area contributed by atoms with Gasteiger partial charge in [0.1, 0.15) is 22.8 Å². The first-order valence-corrected chi connectivity index (χ1v) is 13.9. The van der Waals surface area contributed by atoms with E-state index in [1.165, 1.54) is 55.3 Å². The molecule has 1 saturated heterocycles. The van der Waals surface area contributed by atoms with Crippen LogP contribution >= 0.6 is 23.1 Å². The van der Waals surface area contributed by atoms with E-state index in [2.05, 4.69) is 15.5 Å². The van der Waals surface area contributed by atoms with E-state index in [1.54, 1.807) is 6.07 Å². The van der Waals surface area contributed by atoms with E-state index in [9.17, 15) is 34.7 Å². The summed E-state index contributed by atoms with van der Waals surface area (Å²) >= 11 is 2.21. The number of hydrogen-bond acceptors (Lipinski definition) is 12. The number of β-lactam (4-membered cyclic amide) rings is 1. The molecule has 4 rings (SSSR count). The lowest BCUT2D eigenvalue weighted by Gasteiger charge is -2.49. The van der Waals surface area contributed by atoms with Crippen molar-refractivity contribution in [1.29, 1.82) is 10.5 Å². The number of fused-ring (bicyclic) bond motifs is 1. The Kier molecular flexibility index (Phi) is 8.32. The van der Waals surface area contributed by atoms with Crippen LogP contribution in [-0.2, 0) is 24.0 Å². The zero-order chi connectivity index (χ0) is 30.8. The minimum atomic E-state index is -1.79. The minimum absolute atomic E-state index is 0.00537. The highest BCUT2D eigenvalue weighted by Gasteiger charge is 2.54. The number of oxime groups is 1. The molecular formula is C26H21N7O7S2. The van der Waals surface area contributed by atoms with Crippen LogP contribution in [0.25, 0.3) is 6.08 Å². The van der Waals surface area contributed by atoms with Crippen molar-refractivity contribution in [3.8, 4) is 12.1 Å². The zero-order valence-corrected chi connectivity index (χ0v) is 23.5. The molecule has 16 heteroatoms. The van der Waals surface area contributed by atoms with Gasteiger partial charge in [0.15, 0.2) is 10.8 Å². The van der Waals surface area contributed by atoms with Crippen LogP contribution in [0.4, 0.5) is 5.13 Å². The summed E-state index contributed by atoms with van der Waals surface area (Å²) in [4.78, 5) is 60.1. The predicted octanol–water partition coefficient (Wildman–Crippen LogP) is 1.50. The van der Waals surface area contributed by atoms with Gasteiger partial charge in [0.05, 0.1) is 23.3 Å². The van der Waals surface area contributed by atoms with Crippen molar-refractivity contribution in [2.45, 2.75) is 30.9 Å². The van der Waals surface area contributed by atoms with Crippen LogP contribution in [0.1, 0.15) is 36.2 Å². The minimum Gasteiger partial charge on any atom is -0.478 e. The van der Waals surface area contributed by atoms with E-state index in [0.717, 1.165) is 16.2 Å². The van der Waals surface area contributed by atoms with Crippen LogP contribution in [0.15, 0.2) is 46.1 Å². The first kappa shape index (κ1) is 29.8. The van der Waals surface area contributed by atoms with Crippen molar-refractivity contribution in [3.05, 3.63) is 63.3 Å². The average molecular weight is 608 g/mol. The van der Waals surface area contributed by atoms with Gasteiger partial charge in [0.25, 0.3) is 11.8 Å². The number of thiazole rings is 1. The van der Waals surface area contributed by atoms with Gasteiger partial charge in [-0.05, 0) is 37.1 Å². The molecule has 0 aliphatic carbocycles. The maximum atomic E-state index is 13.2. The fraction of sp³-hybridized carbons (Fsp3) is 0.231. The second-order valence-corrected chi connectivity index (χ2v) is 11.3. The van der Waals surface area contributed by atoms with Gasteiger partial charge in [0, 0.05) is 11.1 Å². The Bertz CT molecular complexity index is 1680. The number of thioether (sulfide) groups is 1. The van der Waals surface area contributed by atoms with Crippen molar-refractivity contribution in [2.75, 3.05) is 11.5 Å². The third-order valence-corrected chi connectivity index (χ3v) is 8.09. The Hall–Kier alpha value is -5.19. The number of nitrogens with one attached hydrogen (secondary N) is 1. The van der Waals surface area contributed by atoms with Crippen LogP contribution in [-0.4, -0.2) is 72.3 Å². The monoisotopic (exact) mass is 607 g/mol. The molecule has 1 fully saturated rings. The molecule has 0 radical (unpaired) electrons. The number of nitrogen functional groups attached to an aromatic ring is 1. The maximum absolute atomic E-state index is 13.2. The van der Waals surface area contributed by atoms with Crippen LogP contribution < -0.4 is 11.1 Å². The van der Waals surface area contributed by atoms with Crippen molar-refractivity contribution >= 4 is 63.8 Å². The second-order valence-electron chi connectivity index (χ2n) is 9.32. The van der Waals surface area contributed by atoms with Crippen molar-refractivity contribution in [3.63, 3.8) is 0 Å². The number of nitriles is 2. The standard InChI is InChI=1S/C26H21N7O7S2/c1-26(2,24(38)39)40-32-17(16-11-42-25(29)30-16)20(34)31-18-21(35)33-19(23(36)37)14(10-41-22(18)33)6-5-13-4-3-12(8-27)7-15(13)9-28/h3-7,11,18,22H,10H2,1-2H3,(H2,29,30)(H,31,34)(H,36,37)(H,38,39)/b6-5+,32-17-/t18?,22-/m1/s1. The molecule has 1 aromatic heterocycles. The number of allylic oxidation sites excluding steroid dienone is 1. The first-order valence-electron chi connectivity index (χ1n) is 11.9. The Labute approximate surface area is 246 Å². The molecule has 3 heterocycles. The van der Waals surface area contributed by atoms with Crippen molar-refractivity contribution in [2.24, 2.45) is 5.16 Å². The maximum Gasteiger partial charge on any atom is 0.352 e. The first-order chi connectivity index (χ1) is 19.9. The topological polar surface area (TPSA) is 232 Å². The lowest BCUT2D eigenvalue weighted by molar-refractivity contribution is -0.161. The number of anilines is 1. The normalized spacial score (nSPS) is 18.5. The number of nitrogens with two attached hydrogens (primary N) is 1. The molecule has 14 nitrogen and oxygen atoms in total. The molecule has 0 spiro atoms. The number of benzene rings is 1. The van der Waals surface area contributed by atoms with Gasteiger partial charge in [-0.3, -0.25) is 14.5 Å². The predicted molar refractivity (Wildman–Crippen MR) is 150 cm³/mol. The van der Waals surface area contributed by atoms with E-state index >= 15 is 0 Å². The highest BCUT2D eigenvalue weighted by molar-refractivity contribution is 8.00. The van der Waals surface area contributed by atoms with E-state index in [0.29, 0.717) is 16.7 Å². The third-order valence-electron chi connectivity index (χ3n) is 6.11. The third kappa shape index (κ3) is 5.80. The molecular weight excluding hydrogens is 586 g/mol. The van der Waals surface area contributed by atoms with Gasteiger partial charge < -0.3 is 26.1 Å². The molecule has 5 N–H and O–H groups in total. The van der Waals surface area contributed by atoms with Gasteiger partial charge in [-0.25, -0.2) is 14.6 Å². The molecule has 2 aliphatic heterocycles. The van der Waals surface area contributed by atoms with Gasteiger partial charge in [-0.1, -0.05) is 23.4 Å². The van der Waals surface area contributed by atoms with Gasteiger partial charge in [-0.15, -0.1) is 23.1 Å². The fourth-order valence-corrected chi connectivity index (χ4v) is 5.71. The summed E-state index contributed by atoms with van der Waals surface area (Å²) in [5, 5.41) is 44.7. The summed E-state index contributed by atoms with van der Waals surface area (Å²) in [6, 6.07) is 7.31. The zero-order valence-electron chi connectivity index (χ0n) is 21.9. The Morgan fingerprint density at radius 3 is 2.60 bits per heavy atom. The average Bonchev–Trinajstić information content (AvgIpc) is 3.39. The van der Waals surface area contributed by atoms with Gasteiger partial charge in [0.2, 0.25) is 5.60 Å². The van der Waals surface area contributed by atoms with E-state index in [1.807, 2.05) is 12.1 Å². The molecule has 2 aromatic rings. The molecule has 214 valence electrons. The number of carbonyl (C=O) groups excluding carboxylic acids is 2. The molecule has 42 heavy (non-hydrogen) atoms. The van der Waals surface area contributed by atoms with Gasteiger partial charge in [-0.2, -0.15) is 10.5 Å². The summed E-state index contributed by atoms with van der Waals surface area (Å²) in [7, 11) is 0. The summed E-state index contributed by atoms with van der Waals surface area (Å²) in [5.41, 5.74) is 4.48. The number of carboxylic acids is 2. The summed E-state index contributed by atoms with van der Waals surface area (Å²) < 4.78 is 0. The number of carbonyl (C=O) groups is 4. The molecule has 2 atom stereocenters. The number of carboxylic acid groups (broad SMARTS) is 2. The number of amides is 2. The SMILES string of the molecule is CC(C)(O/N=C(\C(=O)NC1C(=O)N2C(C(=O)O)=C(/C=C/c3ccc(C#N)cc3C#N)CS[C@H]12)c1csc(N)n1)C(=O)O. The molecule has 1 unspecified atom stereocenters. The van der Waals surface area contributed by atoms with Crippen molar-refractivity contribution in [1.82, 2.24) is 15.2 Å². The number of hydrogen-bond donors (Lipinski definition) is 4. The molecule has 0 bridgehead atoms. The quantitative estimate of drug-likeness (QED) is 0.180. The summed E-state index contributed by atoms with van der Waals surface area (Å²) in [6.45, 7) is 2.45. The Morgan fingerprint density at radius 1 is 1.26 bits per heavy atom. The van der Waals surface area contributed by atoms with Crippen LogP contribution in [0.5, 0.6) is 0 Å². The van der Waals surface area contributed by atoms with Crippen LogP contribution in [0.3, 0.4) is 0 Å². The van der Waals surface area contributed by atoms with Crippen LogP contribution in [0.2, 0.25) is 0 Å². The van der Waals surface area contributed by atoms with E-state index in [4.69, 9.17) is 15.8 Å². The number of aliphatic carboxylic acids is 2. The van der Waals surface area contributed by atoms with Gasteiger partial charge >= 0.3 is 11.9 Å². The smallest absolute Gasteiger partial charge is 0.352 e. The Balaban J connectivity index is 1.57. The lowest BCUT2D eigenvalue weighted by Crippen LogP contribution is -2.71. The number of aromatic nitrogens is 1. The second kappa shape index (κ2) is 11.7. The van der Waals surface area contributed by atoms with Crippen LogP contribution in [0, 0.1) is 22.7 Å². The summed E-state index contributed by atoms with van der Waals surface area (Å²) in [6.07, 6.45) is 3.02. The molecule has 2 aliphatic rings. The summed E-state index contributed by atoms with van der Waals surface area (Å²) in [5.74, 6) is -4.13. The largest absolute Gasteiger partial charge is 0.478 e. The Morgan fingerprint density at radius 2 is 2.00 bits per heavy atom. The fourth-order valence-electron chi connectivity index (χ4n) is 3.84. The number of rotatable bonds is 9. The molecule has 2 amide bonds. The van der Waals surface area contributed by atoms with E-state index < -0.39 is 46.5 Å². The highest BCUT2D eigenvalue weighted by Crippen LogP contribution is 2.41. The van der Waals surface area contributed by atoms with Crippen molar-refractivity contribution < 1.29 is 34.2 Å². The highest BCUT2D eigenvalue weighted by atomic mass is 32.2. The molecule has 0 saturated carbocycles.